The van der Waals surface area contributed by atoms with E-state index in [0.717, 1.165) is 22.6 Å². The monoisotopic (exact) mass is 597 g/mol. The Morgan fingerprint density at radius 2 is 1.85 bits per heavy atom. The molecule has 1 aromatic heterocycles. The molecular formula is C28H34F3N3O4S2. The number of rotatable bonds is 10. The standard InChI is InChI=1S/C28H34F3N3O4S2/c1-3-33(19-20-6-8-22(9-7-20)28(29,30)31)23-12-15-34(16-13-23)40(36,37)25-11-10-24(39-25)18-27(38-2)14-4-5-21(17-27)26(32)35/h4-11,14,23H,3,12-13,15-19H2,1-2H3,(H2,32,35). The smallest absolute Gasteiger partial charge is 0.373 e. The van der Waals surface area contributed by atoms with Crippen molar-refractivity contribution in [2.24, 2.45) is 5.73 Å². The average Bonchev–Trinajstić information content (AvgIpc) is 3.41. The number of halogens is 3. The molecule has 1 aliphatic heterocycles. The van der Waals surface area contributed by atoms with Crippen molar-refractivity contribution in [2.75, 3.05) is 26.7 Å². The fraction of sp³-hybridized carbons (Fsp3) is 0.464. The molecule has 12 heteroatoms. The van der Waals surface area contributed by atoms with Crippen molar-refractivity contribution in [3.05, 3.63) is 76.2 Å². The van der Waals surface area contributed by atoms with Crippen molar-refractivity contribution < 1.29 is 31.1 Å². The number of nitrogens with zero attached hydrogens (tertiary/aromatic N) is 2. The molecule has 40 heavy (non-hydrogen) atoms. The van der Waals surface area contributed by atoms with Gasteiger partial charge in [-0.1, -0.05) is 37.3 Å². The number of thiophene rings is 1. The summed E-state index contributed by atoms with van der Waals surface area (Å²) in [5, 5.41) is 0. The van der Waals surface area contributed by atoms with Crippen LogP contribution in [0.15, 0.2) is 64.4 Å². The van der Waals surface area contributed by atoms with Gasteiger partial charge in [-0.05, 0) is 49.2 Å². The van der Waals surface area contributed by atoms with Gasteiger partial charge in [-0.2, -0.15) is 17.5 Å². The third-order valence-corrected chi connectivity index (χ3v) is 11.1. The first-order valence-corrected chi connectivity index (χ1v) is 15.3. The summed E-state index contributed by atoms with van der Waals surface area (Å²) in [5.41, 5.74) is 5.25. The molecule has 0 spiro atoms. The molecule has 2 aliphatic rings. The number of nitrogens with two attached hydrogens (primary N) is 1. The molecule has 1 atom stereocenters. The second-order valence-corrected chi connectivity index (χ2v) is 13.5. The van der Waals surface area contributed by atoms with E-state index in [1.807, 2.05) is 13.0 Å². The van der Waals surface area contributed by atoms with Gasteiger partial charge in [0, 0.05) is 56.1 Å². The Morgan fingerprint density at radius 3 is 2.42 bits per heavy atom. The van der Waals surface area contributed by atoms with E-state index < -0.39 is 33.3 Å². The highest BCUT2D eigenvalue weighted by Crippen LogP contribution is 2.35. The predicted octanol–water partition coefficient (Wildman–Crippen LogP) is 4.74. The van der Waals surface area contributed by atoms with Gasteiger partial charge in [0.15, 0.2) is 0 Å². The zero-order chi connectivity index (χ0) is 29.1. The van der Waals surface area contributed by atoms with E-state index >= 15 is 0 Å². The molecule has 1 fully saturated rings. The van der Waals surface area contributed by atoms with Crippen molar-refractivity contribution in [1.82, 2.24) is 9.21 Å². The van der Waals surface area contributed by atoms with E-state index in [1.165, 1.54) is 27.8 Å². The number of hydrogen-bond acceptors (Lipinski definition) is 6. The van der Waals surface area contributed by atoms with Crippen LogP contribution < -0.4 is 5.73 Å². The van der Waals surface area contributed by atoms with Gasteiger partial charge in [-0.3, -0.25) is 9.69 Å². The van der Waals surface area contributed by atoms with Crippen LogP contribution in [0.5, 0.6) is 0 Å². The fourth-order valence-corrected chi connectivity index (χ4v) is 8.37. The summed E-state index contributed by atoms with van der Waals surface area (Å²) in [6.45, 7) is 3.93. The lowest BCUT2D eigenvalue weighted by atomic mass is 9.86. The Balaban J connectivity index is 1.37. The number of allylic oxidation sites excluding steroid dienone is 2. The molecule has 1 unspecified atom stereocenters. The number of ether oxygens (including phenoxy) is 1. The highest BCUT2D eigenvalue weighted by atomic mass is 32.2. The van der Waals surface area contributed by atoms with Crippen molar-refractivity contribution in [1.29, 1.82) is 0 Å². The summed E-state index contributed by atoms with van der Waals surface area (Å²) >= 11 is 1.20. The molecule has 4 rings (SSSR count). The minimum atomic E-state index is -4.37. The first-order valence-electron chi connectivity index (χ1n) is 13.1. The van der Waals surface area contributed by atoms with Gasteiger partial charge in [-0.15, -0.1) is 11.3 Å². The molecule has 7 nitrogen and oxygen atoms in total. The fourth-order valence-electron chi connectivity index (χ4n) is 5.28. The van der Waals surface area contributed by atoms with E-state index in [4.69, 9.17) is 10.5 Å². The molecule has 0 saturated carbocycles. The number of alkyl halides is 3. The van der Waals surface area contributed by atoms with Crippen molar-refractivity contribution in [3.63, 3.8) is 0 Å². The Kier molecular flexibility index (Phi) is 9.25. The third kappa shape index (κ3) is 6.85. The number of sulfonamides is 1. The molecule has 2 aromatic rings. The Labute approximate surface area is 237 Å². The van der Waals surface area contributed by atoms with Crippen LogP contribution in [0.25, 0.3) is 0 Å². The molecule has 218 valence electrons. The van der Waals surface area contributed by atoms with Crippen LogP contribution in [0.1, 0.15) is 42.2 Å². The maximum absolute atomic E-state index is 13.4. The van der Waals surface area contributed by atoms with Crippen molar-refractivity contribution in [3.8, 4) is 0 Å². The van der Waals surface area contributed by atoms with Gasteiger partial charge in [0.1, 0.15) is 4.21 Å². The summed E-state index contributed by atoms with van der Waals surface area (Å²) in [7, 11) is -2.13. The normalized spacial score (nSPS) is 21.1. The average molecular weight is 598 g/mol. The number of hydrogen-bond donors (Lipinski definition) is 1. The molecule has 1 amide bonds. The maximum Gasteiger partial charge on any atom is 0.416 e. The highest BCUT2D eigenvalue weighted by molar-refractivity contribution is 7.91. The number of methoxy groups -OCH3 is 1. The van der Waals surface area contributed by atoms with Crippen molar-refractivity contribution >= 4 is 27.3 Å². The maximum atomic E-state index is 13.4. The Hall–Kier alpha value is -2.51. The van der Waals surface area contributed by atoms with Gasteiger partial charge in [0.2, 0.25) is 5.91 Å². The summed E-state index contributed by atoms with van der Waals surface area (Å²) in [5.74, 6) is -0.510. The van der Waals surface area contributed by atoms with Gasteiger partial charge in [-0.25, -0.2) is 8.42 Å². The van der Waals surface area contributed by atoms with Gasteiger partial charge in [0.25, 0.3) is 10.0 Å². The van der Waals surface area contributed by atoms with E-state index in [9.17, 15) is 26.4 Å². The largest absolute Gasteiger partial charge is 0.416 e. The van der Waals surface area contributed by atoms with Crippen LogP contribution in [-0.4, -0.2) is 61.9 Å². The van der Waals surface area contributed by atoms with Crippen LogP contribution in [0.2, 0.25) is 0 Å². The summed E-state index contributed by atoms with van der Waals surface area (Å²) in [4.78, 5) is 14.7. The number of carbonyl (C=O) groups excluding carboxylic acids is 1. The van der Waals surface area contributed by atoms with Crippen LogP contribution in [-0.2, 0) is 38.7 Å². The molecule has 1 aliphatic carbocycles. The summed E-state index contributed by atoms with van der Waals surface area (Å²) < 4.78 is 73.1. The SMILES string of the molecule is CCN(Cc1ccc(C(F)(F)F)cc1)C1CCN(S(=O)(=O)c2ccc(CC3(OC)C=CC=C(C(N)=O)C3)s2)CC1. The topological polar surface area (TPSA) is 92.9 Å². The van der Waals surface area contributed by atoms with Crippen molar-refractivity contribution in [2.45, 2.75) is 61.2 Å². The van der Waals surface area contributed by atoms with Crippen LogP contribution in [0.4, 0.5) is 13.2 Å². The lowest BCUT2D eigenvalue weighted by Crippen LogP contribution is -2.46. The minimum Gasteiger partial charge on any atom is -0.373 e. The lowest BCUT2D eigenvalue weighted by Gasteiger charge is -2.37. The van der Waals surface area contributed by atoms with Gasteiger partial charge >= 0.3 is 6.18 Å². The quantitative estimate of drug-likeness (QED) is 0.427. The molecular weight excluding hydrogens is 563 g/mol. The number of amides is 1. The molecule has 2 N–H and O–H groups in total. The van der Waals surface area contributed by atoms with E-state index in [0.29, 0.717) is 57.4 Å². The third-order valence-electron chi connectivity index (χ3n) is 7.63. The minimum absolute atomic E-state index is 0.129. The number of primary amides is 1. The number of piperidine rings is 1. The van der Waals surface area contributed by atoms with E-state index in [-0.39, 0.29) is 10.3 Å². The zero-order valence-electron chi connectivity index (χ0n) is 22.5. The van der Waals surface area contributed by atoms with Crippen LogP contribution in [0.3, 0.4) is 0 Å². The molecule has 0 bridgehead atoms. The second kappa shape index (κ2) is 12.2. The molecule has 0 radical (unpaired) electrons. The molecule has 1 aromatic carbocycles. The first-order chi connectivity index (χ1) is 18.9. The molecule has 2 heterocycles. The van der Waals surface area contributed by atoms with Gasteiger partial charge < -0.3 is 10.5 Å². The predicted molar refractivity (Wildman–Crippen MR) is 148 cm³/mol. The Morgan fingerprint density at radius 1 is 1.18 bits per heavy atom. The van der Waals surface area contributed by atoms with Gasteiger partial charge in [0.05, 0.1) is 11.2 Å². The summed E-state index contributed by atoms with van der Waals surface area (Å²) in [6, 6.07) is 8.72. The number of benzene rings is 1. The zero-order valence-corrected chi connectivity index (χ0v) is 24.1. The van der Waals surface area contributed by atoms with E-state index in [2.05, 4.69) is 4.90 Å². The number of carbonyl (C=O) groups is 1. The van der Waals surface area contributed by atoms with E-state index in [1.54, 1.807) is 31.4 Å². The summed E-state index contributed by atoms with van der Waals surface area (Å²) in [6.07, 6.45) is 2.87. The first kappa shape index (κ1) is 30.4. The highest BCUT2D eigenvalue weighted by Gasteiger charge is 2.35. The lowest BCUT2D eigenvalue weighted by molar-refractivity contribution is -0.137. The van der Waals surface area contributed by atoms with Crippen LogP contribution in [0, 0.1) is 0 Å². The molecule has 1 saturated heterocycles. The van der Waals surface area contributed by atoms with Crippen LogP contribution >= 0.6 is 11.3 Å². The second-order valence-electron chi connectivity index (χ2n) is 10.2. The Bertz CT molecular complexity index is 1360.